The number of hydrogen-bond donors (Lipinski definition) is 1. The molecule has 2 aromatic rings. The van der Waals surface area contributed by atoms with Gasteiger partial charge in [0.05, 0.1) is 0 Å². The highest BCUT2D eigenvalue weighted by molar-refractivity contribution is 9.11. The molecule has 86 valence electrons. The van der Waals surface area contributed by atoms with E-state index in [2.05, 4.69) is 57.4 Å². The normalized spacial score (nSPS) is 12.7. The van der Waals surface area contributed by atoms with Crippen LogP contribution in [0.4, 0.5) is 5.13 Å². The lowest BCUT2D eigenvalue weighted by Crippen LogP contribution is -2.17. The van der Waals surface area contributed by atoms with Crippen LogP contribution >= 0.6 is 38.6 Å². The molecule has 1 N–H and O–H groups in total. The van der Waals surface area contributed by atoms with Crippen LogP contribution in [0.5, 0.6) is 0 Å². The number of nitrogens with one attached hydrogen (secondary N) is 1. The monoisotopic (exact) mass is 317 g/mol. The van der Waals surface area contributed by atoms with Crippen molar-refractivity contribution in [2.75, 3.05) is 5.32 Å². The SMILES string of the molecule is Cc1ccc(CC(C)Nc2nnc(Br)s2)s1. The van der Waals surface area contributed by atoms with Crippen LogP contribution in [0, 0.1) is 6.92 Å². The van der Waals surface area contributed by atoms with E-state index in [1.54, 1.807) is 0 Å². The van der Waals surface area contributed by atoms with Crippen molar-refractivity contribution in [3.05, 3.63) is 25.8 Å². The van der Waals surface area contributed by atoms with Gasteiger partial charge in [-0.1, -0.05) is 11.3 Å². The van der Waals surface area contributed by atoms with Crippen LogP contribution in [0.3, 0.4) is 0 Å². The topological polar surface area (TPSA) is 37.8 Å². The summed E-state index contributed by atoms with van der Waals surface area (Å²) >= 11 is 6.67. The van der Waals surface area contributed by atoms with Crippen molar-refractivity contribution in [1.29, 1.82) is 0 Å². The summed E-state index contributed by atoms with van der Waals surface area (Å²) < 4.78 is 0.814. The van der Waals surface area contributed by atoms with Crippen LogP contribution < -0.4 is 5.32 Å². The van der Waals surface area contributed by atoms with Crippen molar-refractivity contribution >= 4 is 43.7 Å². The maximum absolute atomic E-state index is 4.02. The zero-order valence-electron chi connectivity index (χ0n) is 9.03. The van der Waals surface area contributed by atoms with Crippen LogP contribution in [0.1, 0.15) is 16.7 Å². The fourth-order valence-corrected chi connectivity index (χ4v) is 3.56. The third kappa shape index (κ3) is 3.26. The van der Waals surface area contributed by atoms with E-state index in [0.29, 0.717) is 6.04 Å². The van der Waals surface area contributed by atoms with Gasteiger partial charge >= 0.3 is 0 Å². The molecular formula is C10H12BrN3S2. The van der Waals surface area contributed by atoms with Crippen LogP contribution in [0.2, 0.25) is 0 Å². The lowest BCUT2D eigenvalue weighted by molar-refractivity contribution is 0.795. The molecule has 16 heavy (non-hydrogen) atoms. The summed E-state index contributed by atoms with van der Waals surface area (Å²) in [5.74, 6) is 0. The second-order valence-electron chi connectivity index (χ2n) is 3.62. The zero-order valence-corrected chi connectivity index (χ0v) is 12.2. The summed E-state index contributed by atoms with van der Waals surface area (Å²) in [5, 5.41) is 12.1. The molecular weight excluding hydrogens is 306 g/mol. The van der Waals surface area contributed by atoms with Gasteiger partial charge in [0.25, 0.3) is 0 Å². The third-order valence-electron chi connectivity index (χ3n) is 2.07. The molecule has 0 aliphatic heterocycles. The molecule has 0 saturated carbocycles. The van der Waals surface area contributed by atoms with E-state index in [4.69, 9.17) is 0 Å². The van der Waals surface area contributed by atoms with Gasteiger partial charge in [0, 0.05) is 22.2 Å². The van der Waals surface area contributed by atoms with Gasteiger partial charge in [-0.15, -0.1) is 21.5 Å². The number of halogens is 1. The van der Waals surface area contributed by atoms with E-state index in [1.807, 2.05) is 11.3 Å². The maximum Gasteiger partial charge on any atom is 0.206 e. The molecule has 2 heterocycles. The maximum atomic E-state index is 4.02. The molecule has 0 amide bonds. The van der Waals surface area contributed by atoms with Gasteiger partial charge < -0.3 is 5.32 Å². The summed E-state index contributed by atoms with van der Waals surface area (Å²) in [7, 11) is 0. The molecule has 3 nitrogen and oxygen atoms in total. The first kappa shape index (κ1) is 12.0. The third-order valence-corrected chi connectivity index (χ3v) is 4.38. The van der Waals surface area contributed by atoms with Crippen LogP contribution in [0.25, 0.3) is 0 Å². The minimum Gasteiger partial charge on any atom is -0.357 e. The number of anilines is 1. The standard InChI is InChI=1S/C10H12BrN3S2/c1-6(5-8-4-3-7(2)15-8)12-10-14-13-9(11)16-10/h3-4,6H,5H2,1-2H3,(H,12,14). The number of rotatable bonds is 4. The average molecular weight is 318 g/mol. The first-order valence-electron chi connectivity index (χ1n) is 4.94. The predicted octanol–water partition coefficient (Wildman–Crippen LogP) is 3.71. The molecule has 0 bridgehead atoms. The highest BCUT2D eigenvalue weighted by atomic mass is 79.9. The van der Waals surface area contributed by atoms with Crippen molar-refractivity contribution in [1.82, 2.24) is 10.2 Å². The summed E-state index contributed by atoms with van der Waals surface area (Å²) in [6.45, 7) is 4.29. The second-order valence-corrected chi connectivity index (χ2v) is 7.25. The molecule has 0 saturated heterocycles. The summed E-state index contributed by atoms with van der Waals surface area (Å²) in [6, 6.07) is 4.72. The fraction of sp³-hybridized carbons (Fsp3) is 0.400. The Labute approximate surface area is 111 Å². The Hall–Kier alpha value is -0.460. The van der Waals surface area contributed by atoms with Crippen molar-refractivity contribution in [3.8, 4) is 0 Å². The molecule has 1 unspecified atom stereocenters. The number of nitrogens with zero attached hydrogens (tertiary/aromatic N) is 2. The highest BCUT2D eigenvalue weighted by Gasteiger charge is 2.08. The van der Waals surface area contributed by atoms with E-state index < -0.39 is 0 Å². The molecule has 0 aliphatic carbocycles. The molecule has 0 spiro atoms. The highest BCUT2D eigenvalue weighted by Crippen LogP contribution is 2.22. The average Bonchev–Trinajstić information content (AvgIpc) is 2.76. The van der Waals surface area contributed by atoms with Gasteiger partial charge in [0.2, 0.25) is 5.13 Å². The van der Waals surface area contributed by atoms with E-state index in [9.17, 15) is 0 Å². The van der Waals surface area contributed by atoms with Crippen molar-refractivity contribution in [3.63, 3.8) is 0 Å². The Morgan fingerprint density at radius 2 is 2.19 bits per heavy atom. The van der Waals surface area contributed by atoms with Crippen LogP contribution in [-0.4, -0.2) is 16.2 Å². The summed E-state index contributed by atoms with van der Waals surface area (Å²) in [5.41, 5.74) is 0. The molecule has 2 rings (SSSR count). The molecule has 0 fully saturated rings. The minimum absolute atomic E-state index is 0.373. The van der Waals surface area contributed by atoms with Gasteiger partial charge in [-0.05, 0) is 41.9 Å². The quantitative estimate of drug-likeness (QED) is 0.934. The second kappa shape index (κ2) is 5.25. The Morgan fingerprint density at radius 1 is 1.38 bits per heavy atom. The van der Waals surface area contributed by atoms with Crippen molar-refractivity contribution < 1.29 is 0 Å². The zero-order chi connectivity index (χ0) is 11.5. The van der Waals surface area contributed by atoms with Gasteiger partial charge in [0.15, 0.2) is 3.92 Å². The van der Waals surface area contributed by atoms with E-state index in [-0.39, 0.29) is 0 Å². The number of thiophene rings is 1. The minimum atomic E-state index is 0.373. The predicted molar refractivity (Wildman–Crippen MR) is 73.5 cm³/mol. The van der Waals surface area contributed by atoms with Gasteiger partial charge in [-0.25, -0.2) is 0 Å². The smallest absolute Gasteiger partial charge is 0.206 e. The van der Waals surface area contributed by atoms with Gasteiger partial charge in [0.1, 0.15) is 0 Å². The largest absolute Gasteiger partial charge is 0.357 e. The Balaban J connectivity index is 1.91. The Bertz CT molecular complexity index is 424. The number of hydrogen-bond acceptors (Lipinski definition) is 5. The molecule has 0 aromatic carbocycles. The number of aromatic nitrogens is 2. The Kier molecular flexibility index (Phi) is 3.94. The lowest BCUT2D eigenvalue weighted by Gasteiger charge is -2.10. The Morgan fingerprint density at radius 3 is 2.75 bits per heavy atom. The summed E-state index contributed by atoms with van der Waals surface area (Å²) in [6.07, 6.45) is 1.02. The summed E-state index contributed by atoms with van der Waals surface area (Å²) in [4.78, 5) is 2.77. The fourth-order valence-electron chi connectivity index (χ4n) is 1.42. The van der Waals surface area contributed by atoms with Crippen molar-refractivity contribution in [2.45, 2.75) is 26.3 Å². The van der Waals surface area contributed by atoms with E-state index in [0.717, 1.165) is 15.5 Å². The molecule has 0 aliphatic rings. The van der Waals surface area contributed by atoms with E-state index >= 15 is 0 Å². The van der Waals surface area contributed by atoms with Crippen LogP contribution in [0.15, 0.2) is 16.0 Å². The lowest BCUT2D eigenvalue weighted by atomic mass is 10.2. The first-order chi connectivity index (χ1) is 7.63. The van der Waals surface area contributed by atoms with E-state index in [1.165, 1.54) is 21.1 Å². The van der Waals surface area contributed by atoms with Gasteiger partial charge in [-0.2, -0.15) is 0 Å². The molecule has 0 radical (unpaired) electrons. The molecule has 6 heteroatoms. The molecule has 2 aromatic heterocycles. The number of aryl methyl sites for hydroxylation is 1. The first-order valence-corrected chi connectivity index (χ1v) is 7.37. The van der Waals surface area contributed by atoms with Crippen molar-refractivity contribution in [2.24, 2.45) is 0 Å². The molecule has 1 atom stereocenters. The van der Waals surface area contributed by atoms with Crippen LogP contribution in [-0.2, 0) is 6.42 Å². The van der Waals surface area contributed by atoms with Gasteiger partial charge in [-0.3, -0.25) is 0 Å².